The molecule has 0 amide bonds. The van der Waals surface area contributed by atoms with Crippen LogP contribution in [0.2, 0.25) is 0 Å². The van der Waals surface area contributed by atoms with Crippen molar-refractivity contribution in [3.8, 4) is 0 Å². The first kappa shape index (κ1) is 12.9. The lowest BCUT2D eigenvalue weighted by molar-refractivity contribution is 0.0595. The molecule has 2 unspecified atom stereocenters. The van der Waals surface area contributed by atoms with Crippen LogP contribution in [0.15, 0.2) is 0 Å². The van der Waals surface area contributed by atoms with E-state index < -0.39 is 5.97 Å². The van der Waals surface area contributed by atoms with Crippen LogP contribution in [0.1, 0.15) is 42.5 Å². The van der Waals surface area contributed by atoms with Crippen LogP contribution in [0.5, 0.6) is 0 Å². The van der Waals surface area contributed by atoms with E-state index in [1.165, 1.54) is 26.4 Å². The molecule has 5 nitrogen and oxygen atoms in total. The van der Waals surface area contributed by atoms with Crippen LogP contribution in [0.25, 0.3) is 0 Å². The van der Waals surface area contributed by atoms with Gasteiger partial charge in [0.1, 0.15) is 11.6 Å². The Kier molecular flexibility index (Phi) is 3.59. The Bertz CT molecular complexity index is 453. The highest BCUT2D eigenvalue weighted by Gasteiger charge is 2.26. The van der Waals surface area contributed by atoms with E-state index in [0.29, 0.717) is 17.7 Å². The number of nitrogens with two attached hydrogens (primary N) is 1. The first-order chi connectivity index (χ1) is 8.54. The molecule has 0 radical (unpaired) electrons. The van der Waals surface area contributed by atoms with E-state index in [1.807, 2.05) is 11.5 Å². The Morgan fingerprint density at radius 3 is 2.83 bits per heavy atom. The molecule has 1 aromatic rings. The smallest absolute Gasteiger partial charge is 0.360 e. The molecule has 1 fully saturated rings. The van der Waals surface area contributed by atoms with Crippen LogP contribution in [0, 0.1) is 18.8 Å². The molecule has 2 N–H and O–H groups in total. The molecule has 0 spiro atoms. The van der Waals surface area contributed by atoms with Gasteiger partial charge >= 0.3 is 5.97 Å². The summed E-state index contributed by atoms with van der Waals surface area (Å²) in [5, 5.41) is 0. The number of imidazole rings is 1. The number of methoxy groups -OCH3 is 1. The number of nitrogen functional groups attached to an aromatic ring is 1. The fraction of sp³-hybridized carbons (Fsp3) is 0.692. The van der Waals surface area contributed by atoms with Crippen molar-refractivity contribution in [1.82, 2.24) is 9.55 Å². The number of rotatable bonds is 3. The highest BCUT2D eigenvalue weighted by Crippen LogP contribution is 2.33. The van der Waals surface area contributed by atoms with Crippen LogP contribution in [-0.4, -0.2) is 22.6 Å². The summed E-state index contributed by atoms with van der Waals surface area (Å²) < 4.78 is 6.62. The van der Waals surface area contributed by atoms with Gasteiger partial charge < -0.3 is 15.0 Å². The average Bonchev–Trinajstić information content (AvgIpc) is 2.87. The van der Waals surface area contributed by atoms with Crippen molar-refractivity contribution in [1.29, 1.82) is 0 Å². The van der Waals surface area contributed by atoms with E-state index in [-0.39, 0.29) is 5.69 Å². The van der Waals surface area contributed by atoms with Gasteiger partial charge in [-0.3, -0.25) is 0 Å². The topological polar surface area (TPSA) is 70.1 Å². The molecule has 0 saturated heterocycles. The van der Waals surface area contributed by atoms with Gasteiger partial charge in [0, 0.05) is 6.54 Å². The Labute approximate surface area is 107 Å². The monoisotopic (exact) mass is 251 g/mol. The first-order valence-corrected chi connectivity index (χ1v) is 6.45. The van der Waals surface area contributed by atoms with Gasteiger partial charge in [0.25, 0.3) is 0 Å². The van der Waals surface area contributed by atoms with Gasteiger partial charge in [0.05, 0.1) is 7.11 Å². The third-order valence-electron chi connectivity index (χ3n) is 4.03. The number of aromatic nitrogens is 2. The summed E-state index contributed by atoms with van der Waals surface area (Å²) in [4.78, 5) is 15.7. The van der Waals surface area contributed by atoms with E-state index in [0.717, 1.165) is 12.4 Å². The van der Waals surface area contributed by atoms with Gasteiger partial charge in [0.15, 0.2) is 5.69 Å². The molecule has 1 aliphatic rings. The molecule has 1 saturated carbocycles. The van der Waals surface area contributed by atoms with Crippen molar-refractivity contribution >= 4 is 11.8 Å². The Morgan fingerprint density at radius 1 is 1.56 bits per heavy atom. The second-order valence-corrected chi connectivity index (χ2v) is 5.16. The summed E-state index contributed by atoms with van der Waals surface area (Å²) in [6, 6.07) is 0. The Balaban J connectivity index is 2.23. The summed E-state index contributed by atoms with van der Waals surface area (Å²) in [6.07, 6.45) is 3.79. The SMILES string of the molecule is COC(=O)c1nc(C)n(CC2CCCC2C)c1N. The Morgan fingerprint density at radius 2 is 2.28 bits per heavy atom. The highest BCUT2D eigenvalue weighted by atomic mass is 16.5. The normalized spacial score (nSPS) is 23.3. The summed E-state index contributed by atoms with van der Waals surface area (Å²) in [6.45, 7) is 5.01. The van der Waals surface area contributed by atoms with Gasteiger partial charge in [-0.05, 0) is 25.2 Å². The number of ether oxygens (including phenoxy) is 1. The fourth-order valence-electron chi connectivity index (χ4n) is 2.79. The predicted molar refractivity (Wildman–Crippen MR) is 69.2 cm³/mol. The molecule has 2 rings (SSSR count). The zero-order chi connectivity index (χ0) is 13.3. The largest absolute Gasteiger partial charge is 0.464 e. The Hall–Kier alpha value is -1.52. The average molecular weight is 251 g/mol. The van der Waals surface area contributed by atoms with Crippen LogP contribution >= 0.6 is 0 Å². The van der Waals surface area contributed by atoms with Gasteiger partial charge in [0.2, 0.25) is 0 Å². The minimum absolute atomic E-state index is 0.237. The molecule has 100 valence electrons. The molecule has 18 heavy (non-hydrogen) atoms. The van der Waals surface area contributed by atoms with Crippen molar-refractivity contribution in [2.24, 2.45) is 11.8 Å². The number of hydrogen-bond donors (Lipinski definition) is 1. The summed E-state index contributed by atoms with van der Waals surface area (Å²) in [5.41, 5.74) is 6.24. The molecule has 0 aliphatic heterocycles. The fourth-order valence-corrected chi connectivity index (χ4v) is 2.79. The third-order valence-corrected chi connectivity index (χ3v) is 4.03. The van der Waals surface area contributed by atoms with Crippen LogP contribution in [0.3, 0.4) is 0 Å². The number of anilines is 1. The van der Waals surface area contributed by atoms with Gasteiger partial charge in [-0.2, -0.15) is 0 Å². The number of hydrogen-bond acceptors (Lipinski definition) is 4. The number of nitrogens with zero attached hydrogens (tertiary/aromatic N) is 2. The molecule has 1 aliphatic carbocycles. The van der Waals surface area contributed by atoms with Gasteiger partial charge in [-0.1, -0.05) is 19.8 Å². The minimum atomic E-state index is -0.464. The van der Waals surface area contributed by atoms with E-state index in [9.17, 15) is 4.79 Å². The van der Waals surface area contributed by atoms with Crippen molar-refractivity contribution in [3.05, 3.63) is 11.5 Å². The number of esters is 1. The molecule has 5 heteroatoms. The zero-order valence-corrected chi connectivity index (χ0v) is 11.3. The minimum Gasteiger partial charge on any atom is -0.464 e. The standard InChI is InChI=1S/C13H21N3O2/c1-8-5-4-6-10(8)7-16-9(2)15-11(12(16)14)13(17)18-3/h8,10H,4-7,14H2,1-3H3. The van der Waals surface area contributed by atoms with E-state index in [4.69, 9.17) is 5.73 Å². The zero-order valence-electron chi connectivity index (χ0n) is 11.3. The number of carbonyl (C=O) groups excluding carboxylic acids is 1. The van der Waals surface area contributed by atoms with Crippen molar-refractivity contribution in [2.75, 3.05) is 12.8 Å². The van der Waals surface area contributed by atoms with Gasteiger partial charge in [-0.15, -0.1) is 0 Å². The maximum Gasteiger partial charge on any atom is 0.360 e. The lowest BCUT2D eigenvalue weighted by atomic mass is 9.98. The number of aryl methyl sites for hydroxylation is 1. The molecule has 2 atom stereocenters. The quantitative estimate of drug-likeness (QED) is 0.834. The predicted octanol–water partition coefficient (Wildman–Crippen LogP) is 2.00. The summed E-state index contributed by atoms with van der Waals surface area (Å²) in [5.74, 6) is 2.10. The molecule has 0 aromatic carbocycles. The molecular formula is C13H21N3O2. The second kappa shape index (κ2) is 5.00. The lowest BCUT2D eigenvalue weighted by Gasteiger charge is -2.17. The molecular weight excluding hydrogens is 230 g/mol. The van der Waals surface area contributed by atoms with E-state index in [1.54, 1.807) is 0 Å². The van der Waals surface area contributed by atoms with Crippen LogP contribution < -0.4 is 5.73 Å². The second-order valence-electron chi connectivity index (χ2n) is 5.16. The van der Waals surface area contributed by atoms with E-state index in [2.05, 4.69) is 16.6 Å². The van der Waals surface area contributed by atoms with Gasteiger partial charge in [-0.25, -0.2) is 9.78 Å². The maximum atomic E-state index is 11.5. The molecule has 0 bridgehead atoms. The molecule has 1 heterocycles. The van der Waals surface area contributed by atoms with Crippen molar-refractivity contribution < 1.29 is 9.53 Å². The lowest BCUT2D eigenvalue weighted by Crippen LogP contribution is -2.16. The van der Waals surface area contributed by atoms with Crippen LogP contribution in [0.4, 0.5) is 5.82 Å². The van der Waals surface area contributed by atoms with Crippen molar-refractivity contribution in [3.63, 3.8) is 0 Å². The molecule has 1 aromatic heterocycles. The summed E-state index contributed by atoms with van der Waals surface area (Å²) >= 11 is 0. The van der Waals surface area contributed by atoms with E-state index >= 15 is 0 Å². The number of carbonyl (C=O) groups is 1. The summed E-state index contributed by atoms with van der Waals surface area (Å²) in [7, 11) is 1.34. The first-order valence-electron chi connectivity index (χ1n) is 6.45. The highest BCUT2D eigenvalue weighted by molar-refractivity contribution is 5.92. The third kappa shape index (κ3) is 2.21. The maximum absolute atomic E-state index is 11.5. The van der Waals surface area contributed by atoms with Crippen molar-refractivity contribution in [2.45, 2.75) is 39.7 Å². The van der Waals surface area contributed by atoms with Crippen LogP contribution in [-0.2, 0) is 11.3 Å².